The topological polar surface area (TPSA) is 58.4 Å². The van der Waals surface area contributed by atoms with Crippen LogP contribution in [-0.4, -0.2) is 43.5 Å². The second-order valence-corrected chi connectivity index (χ2v) is 4.61. The number of hydrogen-bond donors (Lipinski definition) is 2. The first-order valence-electron chi connectivity index (χ1n) is 6.02. The van der Waals surface area contributed by atoms with E-state index < -0.39 is 0 Å². The van der Waals surface area contributed by atoms with Crippen LogP contribution in [0.2, 0.25) is 0 Å². The fraction of sp³-hybridized carbons (Fsp3) is 0.909. The molecule has 3 N–H and O–H groups in total. The molecule has 0 spiro atoms. The van der Waals surface area contributed by atoms with E-state index in [9.17, 15) is 4.79 Å². The molecule has 1 amide bonds. The Bertz CT molecular complexity index is 226. The number of nitrogens with two attached hydrogens (primary N) is 1. The zero-order valence-electron chi connectivity index (χ0n) is 9.24. The van der Waals surface area contributed by atoms with Crippen molar-refractivity contribution < 1.29 is 4.79 Å². The standard InChI is InChI=1S/C11H21N3O/c12-8-9-2-1-3-10(9)11(15)14-6-4-13-5-7-14/h9-10,13H,1-8,12H2. The normalized spacial score (nSPS) is 31.9. The fourth-order valence-corrected chi connectivity index (χ4v) is 2.76. The molecule has 0 aromatic carbocycles. The molecule has 2 rings (SSSR count). The zero-order valence-corrected chi connectivity index (χ0v) is 9.24. The van der Waals surface area contributed by atoms with Gasteiger partial charge in [-0.3, -0.25) is 4.79 Å². The Hall–Kier alpha value is -0.610. The largest absolute Gasteiger partial charge is 0.340 e. The number of carbonyl (C=O) groups excluding carboxylic acids is 1. The highest BCUT2D eigenvalue weighted by Crippen LogP contribution is 2.32. The lowest BCUT2D eigenvalue weighted by Gasteiger charge is -2.31. The van der Waals surface area contributed by atoms with Gasteiger partial charge in [-0.1, -0.05) is 6.42 Å². The van der Waals surface area contributed by atoms with Gasteiger partial charge in [0.25, 0.3) is 0 Å². The van der Waals surface area contributed by atoms with Crippen molar-refractivity contribution in [2.45, 2.75) is 19.3 Å². The van der Waals surface area contributed by atoms with Crippen LogP contribution in [-0.2, 0) is 4.79 Å². The molecule has 2 aliphatic rings. The smallest absolute Gasteiger partial charge is 0.226 e. The second-order valence-electron chi connectivity index (χ2n) is 4.61. The summed E-state index contributed by atoms with van der Waals surface area (Å²) in [5.41, 5.74) is 5.71. The molecular formula is C11H21N3O. The van der Waals surface area contributed by atoms with Gasteiger partial charge in [0, 0.05) is 32.1 Å². The number of amides is 1. The Kier molecular flexibility index (Phi) is 3.59. The van der Waals surface area contributed by atoms with Crippen molar-refractivity contribution in [1.29, 1.82) is 0 Å². The van der Waals surface area contributed by atoms with Crippen molar-refractivity contribution in [2.24, 2.45) is 17.6 Å². The average molecular weight is 211 g/mol. The molecule has 1 aliphatic heterocycles. The van der Waals surface area contributed by atoms with Gasteiger partial charge in [-0.2, -0.15) is 0 Å². The van der Waals surface area contributed by atoms with Gasteiger partial charge in [0.1, 0.15) is 0 Å². The number of carbonyl (C=O) groups is 1. The van der Waals surface area contributed by atoms with Gasteiger partial charge in [0.05, 0.1) is 0 Å². The quantitative estimate of drug-likeness (QED) is 0.664. The summed E-state index contributed by atoms with van der Waals surface area (Å²) in [5, 5.41) is 3.27. The maximum absolute atomic E-state index is 12.2. The average Bonchev–Trinajstić information content (AvgIpc) is 2.77. The van der Waals surface area contributed by atoms with Gasteiger partial charge in [-0.05, 0) is 25.3 Å². The SMILES string of the molecule is NCC1CCCC1C(=O)N1CCNCC1. The van der Waals surface area contributed by atoms with Gasteiger partial charge >= 0.3 is 0 Å². The summed E-state index contributed by atoms with van der Waals surface area (Å²) < 4.78 is 0. The van der Waals surface area contributed by atoms with Crippen molar-refractivity contribution in [2.75, 3.05) is 32.7 Å². The van der Waals surface area contributed by atoms with E-state index in [1.807, 2.05) is 4.90 Å². The molecule has 0 radical (unpaired) electrons. The molecule has 2 atom stereocenters. The first-order chi connectivity index (χ1) is 7.33. The van der Waals surface area contributed by atoms with E-state index in [0.29, 0.717) is 18.4 Å². The Morgan fingerprint density at radius 3 is 2.73 bits per heavy atom. The molecule has 4 nitrogen and oxygen atoms in total. The molecule has 1 heterocycles. The highest BCUT2D eigenvalue weighted by molar-refractivity contribution is 5.79. The number of nitrogens with zero attached hydrogens (tertiary/aromatic N) is 1. The van der Waals surface area contributed by atoms with E-state index >= 15 is 0 Å². The summed E-state index contributed by atoms with van der Waals surface area (Å²) in [6.07, 6.45) is 3.36. The number of piperazine rings is 1. The van der Waals surface area contributed by atoms with E-state index in [2.05, 4.69) is 5.32 Å². The minimum atomic E-state index is 0.216. The third kappa shape index (κ3) is 2.32. The lowest BCUT2D eigenvalue weighted by atomic mass is 9.94. The summed E-state index contributed by atoms with van der Waals surface area (Å²) in [7, 11) is 0. The van der Waals surface area contributed by atoms with Crippen LogP contribution >= 0.6 is 0 Å². The molecular weight excluding hydrogens is 190 g/mol. The van der Waals surface area contributed by atoms with Gasteiger partial charge in [0.15, 0.2) is 0 Å². The summed E-state index contributed by atoms with van der Waals surface area (Å²) in [6, 6.07) is 0. The number of rotatable bonds is 2. The predicted octanol–water partition coefficient (Wildman–Crippen LogP) is -0.207. The molecule has 0 aromatic heterocycles. The maximum Gasteiger partial charge on any atom is 0.226 e. The monoisotopic (exact) mass is 211 g/mol. The molecule has 1 saturated carbocycles. The van der Waals surface area contributed by atoms with E-state index in [-0.39, 0.29) is 5.92 Å². The molecule has 2 fully saturated rings. The maximum atomic E-state index is 12.2. The van der Waals surface area contributed by atoms with Crippen molar-refractivity contribution in [3.8, 4) is 0 Å². The minimum absolute atomic E-state index is 0.216. The predicted molar refractivity (Wildman–Crippen MR) is 59.3 cm³/mol. The molecule has 1 saturated heterocycles. The third-order valence-corrected chi connectivity index (χ3v) is 3.71. The molecule has 2 unspecified atom stereocenters. The van der Waals surface area contributed by atoms with Gasteiger partial charge in [-0.15, -0.1) is 0 Å². The van der Waals surface area contributed by atoms with Gasteiger partial charge in [0.2, 0.25) is 5.91 Å². The molecule has 4 heteroatoms. The van der Waals surface area contributed by atoms with Crippen molar-refractivity contribution >= 4 is 5.91 Å². The highest BCUT2D eigenvalue weighted by atomic mass is 16.2. The number of hydrogen-bond acceptors (Lipinski definition) is 3. The van der Waals surface area contributed by atoms with Crippen LogP contribution in [0.5, 0.6) is 0 Å². The van der Waals surface area contributed by atoms with E-state index in [1.165, 1.54) is 6.42 Å². The first kappa shape index (κ1) is 10.9. The van der Waals surface area contributed by atoms with E-state index in [0.717, 1.165) is 39.0 Å². The Morgan fingerprint density at radius 2 is 2.07 bits per heavy atom. The Labute approximate surface area is 91.2 Å². The summed E-state index contributed by atoms with van der Waals surface area (Å²) in [5.74, 6) is 1.00. The van der Waals surface area contributed by atoms with Crippen LogP contribution in [0.3, 0.4) is 0 Å². The fourth-order valence-electron chi connectivity index (χ4n) is 2.76. The van der Waals surface area contributed by atoms with Crippen molar-refractivity contribution in [1.82, 2.24) is 10.2 Å². The lowest BCUT2D eigenvalue weighted by molar-refractivity contribution is -0.137. The molecule has 1 aliphatic carbocycles. The van der Waals surface area contributed by atoms with Crippen LogP contribution in [0.1, 0.15) is 19.3 Å². The Morgan fingerprint density at radius 1 is 1.33 bits per heavy atom. The van der Waals surface area contributed by atoms with E-state index in [4.69, 9.17) is 5.73 Å². The van der Waals surface area contributed by atoms with Gasteiger partial charge in [-0.25, -0.2) is 0 Å². The summed E-state index contributed by atoms with van der Waals surface area (Å²) in [4.78, 5) is 14.2. The number of nitrogens with one attached hydrogen (secondary N) is 1. The summed E-state index contributed by atoms with van der Waals surface area (Å²) >= 11 is 0. The first-order valence-corrected chi connectivity index (χ1v) is 6.02. The van der Waals surface area contributed by atoms with Crippen LogP contribution in [0.4, 0.5) is 0 Å². The molecule has 15 heavy (non-hydrogen) atoms. The van der Waals surface area contributed by atoms with Crippen LogP contribution < -0.4 is 11.1 Å². The summed E-state index contributed by atoms with van der Waals surface area (Å²) in [6.45, 7) is 4.28. The van der Waals surface area contributed by atoms with Crippen LogP contribution in [0, 0.1) is 11.8 Å². The Balaban J connectivity index is 1.93. The second kappa shape index (κ2) is 4.94. The van der Waals surface area contributed by atoms with Crippen molar-refractivity contribution in [3.05, 3.63) is 0 Å². The van der Waals surface area contributed by atoms with Crippen molar-refractivity contribution in [3.63, 3.8) is 0 Å². The third-order valence-electron chi connectivity index (χ3n) is 3.71. The molecule has 0 aromatic rings. The molecule has 86 valence electrons. The van der Waals surface area contributed by atoms with Crippen LogP contribution in [0.15, 0.2) is 0 Å². The minimum Gasteiger partial charge on any atom is -0.340 e. The van der Waals surface area contributed by atoms with Gasteiger partial charge < -0.3 is 16.0 Å². The van der Waals surface area contributed by atoms with E-state index in [1.54, 1.807) is 0 Å². The highest BCUT2D eigenvalue weighted by Gasteiger charge is 2.34. The molecule has 0 bridgehead atoms. The van der Waals surface area contributed by atoms with Crippen LogP contribution in [0.25, 0.3) is 0 Å². The lowest BCUT2D eigenvalue weighted by Crippen LogP contribution is -2.49. The zero-order chi connectivity index (χ0) is 10.7.